The second-order valence-electron chi connectivity index (χ2n) is 6.95. The van der Waals surface area contributed by atoms with Crippen molar-refractivity contribution in [1.82, 2.24) is 0 Å². The third-order valence-electron chi connectivity index (χ3n) is 4.05. The Kier molecular flexibility index (Phi) is 9.69. The second-order valence-corrected chi connectivity index (χ2v) is 6.95. The van der Waals surface area contributed by atoms with Crippen LogP contribution in [-0.2, 0) is 14.3 Å². The Morgan fingerprint density at radius 1 is 0.806 bits per heavy atom. The molecule has 0 heterocycles. The van der Waals surface area contributed by atoms with Gasteiger partial charge in [-0.3, -0.25) is 0 Å². The van der Waals surface area contributed by atoms with Gasteiger partial charge in [0.1, 0.15) is 36.5 Å². The van der Waals surface area contributed by atoms with E-state index in [0.717, 1.165) is 35.3 Å². The van der Waals surface area contributed by atoms with Crippen molar-refractivity contribution in [2.24, 2.45) is 0 Å². The molecule has 0 N–H and O–H groups in total. The Labute approximate surface area is 183 Å². The predicted molar refractivity (Wildman–Crippen MR) is 122 cm³/mol. The summed E-state index contributed by atoms with van der Waals surface area (Å²) in [6.45, 7) is 11.6. The third kappa shape index (κ3) is 9.09. The van der Waals surface area contributed by atoms with Crippen LogP contribution in [0.3, 0.4) is 0 Å². The Balaban J connectivity index is 1.79. The number of ether oxygens (including phenoxy) is 4. The van der Waals surface area contributed by atoms with Gasteiger partial charge in [-0.25, -0.2) is 4.79 Å². The van der Waals surface area contributed by atoms with Crippen LogP contribution >= 0.6 is 0 Å². The van der Waals surface area contributed by atoms with Gasteiger partial charge in [-0.2, -0.15) is 0 Å². The topological polar surface area (TPSA) is 54.0 Å². The smallest absolute Gasteiger partial charge is 0.338 e. The average molecular weight is 421 g/mol. The Morgan fingerprint density at radius 2 is 1.32 bits per heavy atom. The molecular formula is C26H28O5. The maximum Gasteiger partial charge on any atom is 0.338 e. The molecule has 0 saturated heterocycles. The first-order chi connectivity index (χ1) is 15.0. The molecule has 0 amide bonds. The number of esters is 1. The van der Waals surface area contributed by atoms with Crippen molar-refractivity contribution < 1.29 is 23.7 Å². The van der Waals surface area contributed by atoms with E-state index in [9.17, 15) is 4.79 Å². The normalized spacial score (nSPS) is 10.8. The fourth-order valence-corrected chi connectivity index (χ4v) is 2.42. The van der Waals surface area contributed by atoms with Crippen LogP contribution in [0.2, 0.25) is 0 Å². The van der Waals surface area contributed by atoms with E-state index in [0.29, 0.717) is 17.9 Å². The minimum atomic E-state index is -0.496. The van der Waals surface area contributed by atoms with Crippen molar-refractivity contribution >= 4 is 5.97 Å². The van der Waals surface area contributed by atoms with Crippen LogP contribution in [0.1, 0.15) is 26.7 Å². The maximum absolute atomic E-state index is 11.3. The molecule has 0 radical (unpaired) electrons. The van der Waals surface area contributed by atoms with E-state index in [1.54, 1.807) is 13.2 Å². The minimum Gasteiger partial charge on any atom is -0.498 e. The number of allylic oxidation sites excluding steroid dienone is 1. The van der Waals surface area contributed by atoms with Crippen LogP contribution in [0.15, 0.2) is 97.9 Å². The lowest BCUT2D eigenvalue weighted by molar-refractivity contribution is -0.133. The number of hydrogen-bond acceptors (Lipinski definition) is 5. The Bertz CT molecular complexity index is 921. The van der Waals surface area contributed by atoms with Crippen molar-refractivity contribution in [1.29, 1.82) is 0 Å². The summed E-state index contributed by atoms with van der Waals surface area (Å²) in [4.78, 5) is 11.3. The standard InChI is InChI=1S/C26H28O5/c1-20(2)6-5-15-28-16-17-29-24-11-7-22(8-12-24)23-9-13-25(14-10-23)30-18-19-31-26(27)21(3)4/h7-14,16-19H,1,3,5-6,15H2,2,4H3/b17-16-,19-18-. The average Bonchev–Trinajstić information content (AvgIpc) is 2.76. The number of benzene rings is 2. The highest BCUT2D eigenvalue weighted by molar-refractivity contribution is 5.87. The maximum atomic E-state index is 11.3. The fraction of sp³-hybridized carbons (Fsp3) is 0.192. The summed E-state index contributed by atoms with van der Waals surface area (Å²) in [6.07, 6.45) is 7.48. The van der Waals surface area contributed by atoms with Gasteiger partial charge in [-0.05, 0) is 62.1 Å². The van der Waals surface area contributed by atoms with Gasteiger partial charge in [-0.15, -0.1) is 6.58 Å². The summed E-state index contributed by atoms with van der Waals surface area (Å²) in [7, 11) is 0. The summed E-state index contributed by atoms with van der Waals surface area (Å²) in [5.41, 5.74) is 3.56. The fourth-order valence-electron chi connectivity index (χ4n) is 2.42. The van der Waals surface area contributed by atoms with Crippen LogP contribution in [0.25, 0.3) is 11.1 Å². The van der Waals surface area contributed by atoms with Crippen LogP contribution in [-0.4, -0.2) is 12.6 Å². The molecule has 0 aromatic heterocycles. The molecule has 0 unspecified atom stereocenters. The summed E-state index contributed by atoms with van der Waals surface area (Å²) < 4.78 is 21.1. The second kappa shape index (κ2) is 12.8. The van der Waals surface area contributed by atoms with Gasteiger partial charge < -0.3 is 18.9 Å². The van der Waals surface area contributed by atoms with Crippen LogP contribution in [0.5, 0.6) is 11.5 Å². The molecule has 0 fully saturated rings. The van der Waals surface area contributed by atoms with E-state index in [1.807, 2.05) is 55.5 Å². The molecular weight excluding hydrogens is 392 g/mol. The van der Waals surface area contributed by atoms with Gasteiger partial charge in [0.15, 0.2) is 0 Å². The zero-order chi connectivity index (χ0) is 22.5. The third-order valence-corrected chi connectivity index (χ3v) is 4.05. The molecule has 31 heavy (non-hydrogen) atoms. The van der Waals surface area contributed by atoms with Crippen LogP contribution < -0.4 is 9.47 Å². The number of carbonyl (C=O) groups excluding carboxylic acids is 1. The molecule has 2 aromatic rings. The predicted octanol–water partition coefficient (Wildman–Crippen LogP) is 6.55. The number of hydrogen-bond donors (Lipinski definition) is 0. The van der Waals surface area contributed by atoms with E-state index < -0.39 is 5.97 Å². The molecule has 2 aromatic carbocycles. The molecule has 0 aliphatic rings. The van der Waals surface area contributed by atoms with Crippen molar-refractivity contribution in [2.45, 2.75) is 26.7 Å². The highest BCUT2D eigenvalue weighted by Crippen LogP contribution is 2.24. The molecule has 0 atom stereocenters. The summed E-state index contributed by atoms with van der Waals surface area (Å²) in [5, 5.41) is 0. The zero-order valence-electron chi connectivity index (χ0n) is 18.0. The van der Waals surface area contributed by atoms with Crippen LogP contribution in [0, 0.1) is 0 Å². The molecule has 5 nitrogen and oxygen atoms in total. The van der Waals surface area contributed by atoms with Crippen molar-refractivity contribution in [3.8, 4) is 22.6 Å². The van der Waals surface area contributed by atoms with E-state index in [-0.39, 0.29) is 0 Å². The highest BCUT2D eigenvalue weighted by Gasteiger charge is 2.01. The van der Waals surface area contributed by atoms with Crippen molar-refractivity contribution in [2.75, 3.05) is 6.61 Å². The largest absolute Gasteiger partial charge is 0.498 e. The monoisotopic (exact) mass is 420 g/mol. The lowest BCUT2D eigenvalue weighted by atomic mass is 10.1. The van der Waals surface area contributed by atoms with E-state index in [2.05, 4.69) is 13.2 Å². The van der Waals surface area contributed by atoms with Crippen molar-refractivity contribution in [3.05, 3.63) is 97.9 Å². The van der Waals surface area contributed by atoms with Gasteiger partial charge >= 0.3 is 5.97 Å². The first-order valence-electron chi connectivity index (χ1n) is 9.92. The first-order valence-corrected chi connectivity index (χ1v) is 9.92. The van der Waals surface area contributed by atoms with Gasteiger partial charge in [-0.1, -0.05) is 36.4 Å². The van der Waals surface area contributed by atoms with Gasteiger partial charge in [0, 0.05) is 5.57 Å². The molecule has 162 valence electrons. The Hall–Kier alpha value is -3.73. The van der Waals surface area contributed by atoms with E-state index in [1.165, 1.54) is 18.8 Å². The quantitative estimate of drug-likeness (QED) is 0.128. The van der Waals surface area contributed by atoms with Gasteiger partial charge in [0.05, 0.1) is 6.61 Å². The summed E-state index contributed by atoms with van der Waals surface area (Å²) >= 11 is 0. The SMILES string of the molecule is C=C(C)CCCO/C=C\Oc1ccc(-c2ccc(O/C=C\OC(=O)C(=C)C)cc2)cc1. The summed E-state index contributed by atoms with van der Waals surface area (Å²) in [5.74, 6) is 0.851. The van der Waals surface area contributed by atoms with Gasteiger partial charge in [0.25, 0.3) is 0 Å². The van der Waals surface area contributed by atoms with E-state index >= 15 is 0 Å². The molecule has 5 heteroatoms. The molecule has 2 rings (SSSR count). The lowest BCUT2D eigenvalue weighted by Crippen LogP contribution is -1.99. The summed E-state index contributed by atoms with van der Waals surface area (Å²) in [6, 6.07) is 15.3. The number of rotatable bonds is 12. The zero-order valence-corrected chi connectivity index (χ0v) is 18.0. The van der Waals surface area contributed by atoms with E-state index in [4.69, 9.17) is 18.9 Å². The molecule has 0 aliphatic heterocycles. The van der Waals surface area contributed by atoms with Crippen LogP contribution in [0.4, 0.5) is 0 Å². The lowest BCUT2D eigenvalue weighted by Gasteiger charge is -2.06. The first kappa shape index (κ1) is 23.5. The minimum absolute atomic E-state index is 0.323. The molecule has 0 aliphatic carbocycles. The highest BCUT2D eigenvalue weighted by atomic mass is 16.5. The Morgan fingerprint density at radius 3 is 1.81 bits per heavy atom. The number of carbonyl (C=O) groups is 1. The molecule has 0 saturated carbocycles. The molecule has 0 spiro atoms. The van der Waals surface area contributed by atoms with Crippen molar-refractivity contribution in [3.63, 3.8) is 0 Å². The molecule has 0 bridgehead atoms. The van der Waals surface area contributed by atoms with Gasteiger partial charge in [0.2, 0.25) is 0 Å².